The van der Waals surface area contributed by atoms with Crippen molar-refractivity contribution in [3.8, 4) is 0 Å². The maximum Gasteiger partial charge on any atom is 0.326 e. The lowest BCUT2D eigenvalue weighted by Gasteiger charge is -2.23. The molecule has 19 heavy (non-hydrogen) atoms. The average Bonchev–Trinajstić information content (AvgIpc) is 2.36. The Hall–Kier alpha value is -1.30. The Morgan fingerprint density at radius 1 is 1.37 bits per heavy atom. The second-order valence-electron chi connectivity index (χ2n) is 5.36. The minimum atomic E-state index is -1.00. The molecular formula is C13H24N2O4. The molecule has 1 fully saturated rings. The summed E-state index contributed by atoms with van der Waals surface area (Å²) in [5.41, 5.74) is 0. The van der Waals surface area contributed by atoms with Crippen molar-refractivity contribution in [2.45, 2.75) is 51.7 Å². The van der Waals surface area contributed by atoms with Crippen LogP contribution >= 0.6 is 0 Å². The first-order chi connectivity index (χ1) is 8.99. The highest BCUT2D eigenvalue weighted by Gasteiger charge is 2.21. The lowest BCUT2D eigenvalue weighted by molar-refractivity contribution is -0.139. The van der Waals surface area contributed by atoms with Crippen molar-refractivity contribution in [1.29, 1.82) is 0 Å². The van der Waals surface area contributed by atoms with Crippen LogP contribution in [0.15, 0.2) is 0 Å². The summed E-state index contributed by atoms with van der Waals surface area (Å²) in [6.45, 7) is 5.01. The van der Waals surface area contributed by atoms with Crippen molar-refractivity contribution in [1.82, 2.24) is 10.6 Å². The fraction of sp³-hybridized carbons (Fsp3) is 0.846. The fourth-order valence-electron chi connectivity index (χ4n) is 2.08. The molecule has 1 rings (SSSR count). The van der Waals surface area contributed by atoms with Gasteiger partial charge in [-0.1, -0.05) is 13.8 Å². The zero-order valence-corrected chi connectivity index (χ0v) is 11.6. The number of aliphatic carboxylic acids is 1. The molecule has 0 bridgehead atoms. The number of hydrogen-bond acceptors (Lipinski definition) is 3. The van der Waals surface area contributed by atoms with Gasteiger partial charge in [0.25, 0.3) is 0 Å². The van der Waals surface area contributed by atoms with Crippen LogP contribution in [0, 0.1) is 5.92 Å². The van der Waals surface area contributed by atoms with E-state index in [-0.39, 0.29) is 12.0 Å². The van der Waals surface area contributed by atoms with E-state index in [0.717, 1.165) is 25.9 Å². The molecule has 3 N–H and O–H groups in total. The number of amides is 2. The third-order valence-electron chi connectivity index (χ3n) is 3.07. The Balaban J connectivity index is 2.29. The van der Waals surface area contributed by atoms with Gasteiger partial charge in [-0.2, -0.15) is 0 Å². The van der Waals surface area contributed by atoms with Crippen LogP contribution in [0.25, 0.3) is 0 Å². The van der Waals surface area contributed by atoms with Crippen molar-refractivity contribution in [2.75, 3.05) is 13.2 Å². The van der Waals surface area contributed by atoms with Gasteiger partial charge in [0.2, 0.25) is 0 Å². The van der Waals surface area contributed by atoms with Crippen molar-refractivity contribution < 1.29 is 19.4 Å². The van der Waals surface area contributed by atoms with Gasteiger partial charge in [-0.3, -0.25) is 0 Å². The van der Waals surface area contributed by atoms with Crippen molar-refractivity contribution in [3.05, 3.63) is 0 Å². The molecule has 0 radical (unpaired) electrons. The second-order valence-corrected chi connectivity index (χ2v) is 5.36. The molecule has 1 heterocycles. The van der Waals surface area contributed by atoms with E-state index in [1.165, 1.54) is 0 Å². The minimum Gasteiger partial charge on any atom is -0.480 e. The molecule has 0 aromatic rings. The van der Waals surface area contributed by atoms with Crippen LogP contribution in [-0.4, -0.2) is 42.4 Å². The zero-order valence-electron chi connectivity index (χ0n) is 11.6. The van der Waals surface area contributed by atoms with E-state index in [2.05, 4.69) is 10.6 Å². The van der Waals surface area contributed by atoms with Crippen molar-refractivity contribution in [2.24, 2.45) is 5.92 Å². The van der Waals surface area contributed by atoms with Gasteiger partial charge in [0, 0.05) is 13.2 Å². The van der Waals surface area contributed by atoms with Gasteiger partial charge in [-0.05, 0) is 31.6 Å². The van der Waals surface area contributed by atoms with Gasteiger partial charge in [0.1, 0.15) is 6.04 Å². The number of hydrogen-bond donors (Lipinski definition) is 3. The SMILES string of the molecule is CC(C)C[C@H](NC(=O)NCC1CCCCO1)C(=O)O. The maximum absolute atomic E-state index is 11.6. The molecule has 2 amide bonds. The van der Waals surface area contributed by atoms with Gasteiger partial charge >= 0.3 is 12.0 Å². The summed E-state index contributed by atoms with van der Waals surface area (Å²) in [4.78, 5) is 22.7. The number of carboxylic acids is 1. The lowest BCUT2D eigenvalue weighted by Crippen LogP contribution is -2.48. The summed E-state index contributed by atoms with van der Waals surface area (Å²) in [6.07, 6.45) is 3.59. The quantitative estimate of drug-likeness (QED) is 0.681. The predicted molar refractivity (Wildman–Crippen MR) is 71.0 cm³/mol. The highest BCUT2D eigenvalue weighted by atomic mass is 16.5. The number of carbonyl (C=O) groups is 2. The van der Waals surface area contributed by atoms with Gasteiger partial charge < -0.3 is 20.5 Å². The monoisotopic (exact) mass is 272 g/mol. The molecule has 0 aromatic heterocycles. The van der Waals surface area contributed by atoms with Gasteiger partial charge in [-0.25, -0.2) is 9.59 Å². The van der Waals surface area contributed by atoms with E-state index in [9.17, 15) is 9.59 Å². The summed E-state index contributed by atoms with van der Waals surface area (Å²) in [7, 11) is 0. The first kappa shape index (κ1) is 15.8. The number of nitrogens with one attached hydrogen (secondary N) is 2. The fourth-order valence-corrected chi connectivity index (χ4v) is 2.08. The first-order valence-electron chi connectivity index (χ1n) is 6.87. The topological polar surface area (TPSA) is 87.7 Å². The average molecular weight is 272 g/mol. The summed E-state index contributed by atoms with van der Waals surface area (Å²) in [5, 5.41) is 14.2. The molecule has 0 spiro atoms. The number of ether oxygens (including phenoxy) is 1. The van der Waals surface area contributed by atoms with Gasteiger partial charge in [-0.15, -0.1) is 0 Å². The van der Waals surface area contributed by atoms with E-state index in [0.29, 0.717) is 13.0 Å². The molecule has 6 nitrogen and oxygen atoms in total. The van der Waals surface area contributed by atoms with Crippen LogP contribution in [0.2, 0.25) is 0 Å². The minimum absolute atomic E-state index is 0.0490. The van der Waals surface area contributed by atoms with E-state index in [1.54, 1.807) is 0 Å². The Morgan fingerprint density at radius 2 is 2.11 bits per heavy atom. The Kier molecular flexibility index (Phi) is 6.62. The Bertz CT molecular complexity index is 301. The largest absolute Gasteiger partial charge is 0.480 e. The molecular weight excluding hydrogens is 248 g/mol. The molecule has 6 heteroatoms. The van der Waals surface area contributed by atoms with Crippen molar-refractivity contribution >= 4 is 12.0 Å². The van der Waals surface area contributed by atoms with Crippen LogP contribution in [0.3, 0.4) is 0 Å². The number of rotatable bonds is 6. The third kappa shape index (κ3) is 6.42. The zero-order chi connectivity index (χ0) is 14.3. The molecule has 1 saturated heterocycles. The molecule has 0 aliphatic carbocycles. The first-order valence-corrected chi connectivity index (χ1v) is 6.87. The molecule has 2 atom stereocenters. The summed E-state index contributed by atoms with van der Waals surface area (Å²) >= 11 is 0. The van der Waals surface area contributed by atoms with Crippen LogP contribution in [0.1, 0.15) is 39.5 Å². The Labute approximate surface area is 113 Å². The molecule has 110 valence electrons. The smallest absolute Gasteiger partial charge is 0.326 e. The van der Waals surface area contributed by atoms with E-state index in [4.69, 9.17) is 9.84 Å². The van der Waals surface area contributed by atoms with E-state index < -0.39 is 18.0 Å². The lowest BCUT2D eigenvalue weighted by atomic mass is 10.0. The van der Waals surface area contributed by atoms with Gasteiger partial charge in [0.15, 0.2) is 0 Å². The Morgan fingerprint density at radius 3 is 2.63 bits per heavy atom. The van der Waals surface area contributed by atoms with Crippen LogP contribution in [-0.2, 0) is 9.53 Å². The molecule has 1 aliphatic rings. The van der Waals surface area contributed by atoms with Crippen LogP contribution < -0.4 is 10.6 Å². The van der Waals surface area contributed by atoms with E-state index >= 15 is 0 Å². The molecule has 1 unspecified atom stereocenters. The number of carboxylic acid groups (broad SMARTS) is 1. The van der Waals surface area contributed by atoms with E-state index in [1.807, 2.05) is 13.8 Å². The summed E-state index contributed by atoms with van der Waals surface area (Å²) in [5.74, 6) is -0.791. The third-order valence-corrected chi connectivity index (χ3v) is 3.07. The summed E-state index contributed by atoms with van der Waals surface area (Å²) in [6, 6.07) is -1.28. The molecule has 0 aromatic carbocycles. The maximum atomic E-state index is 11.6. The predicted octanol–water partition coefficient (Wildman–Crippen LogP) is 1.35. The molecule has 0 saturated carbocycles. The summed E-state index contributed by atoms with van der Waals surface area (Å²) < 4.78 is 5.49. The normalized spacial score (nSPS) is 20.9. The number of carbonyl (C=O) groups excluding carboxylic acids is 1. The number of urea groups is 1. The molecule has 1 aliphatic heterocycles. The highest BCUT2D eigenvalue weighted by Crippen LogP contribution is 2.11. The van der Waals surface area contributed by atoms with Crippen LogP contribution in [0.5, 0.6) is 0 Å². The second kappa shape index (κ2) is 7.99. The highest BCUT2D eigenvalue weighted by molar-refractivity contribution is 5.82. The van der Waals surface area contributed by atoms with Crippen LogP contribution in [0.4, 0.5) is 4.79 Å². The van der Waals surface area contributed by atoms with Crippen molar-refractivity contribution in [3.63, 3.8) is 0 Å². The standard InChI is InChI=1S/C13H24N2O4/c1-9(2)7-11(12(16)17)15-13(18)14-8-10-5-3-4-6-19-10/h9-11H,3-8H2,1-2H3,(H,16,17)(H2,14,15,18)/t10?,11-/m0/s1. The van der Waals surface area contributed by atoms with Gasteiger partial charge in [0.05, 0.1) is 6.10 Å².